The molecule has 0 unspecified atom stereocenters. The van der Waals surface area contributed by atoms with Crippen molar-refractivity contribution in [2.24, 2.45) is 0 Å². The Morgan fingerprint density at radius 2 is 1.43 bits per heavy atom. The second kappa shape index (κ2) is 6.41. The number of benzene rings is 1. The van der Waals surface area contributed by atoms with E-state index in [9.17, 15) is 0 Å². The van der Waals surface area contributed by atoms with Crippen LogP contribution in [0.1, 0.15) is 11.4 Å². The quantitative estimate of drug-likeness (QED) is 0.659. The Morgan fingerprint density at radius 3 is 2.10 bits per heavy atom. The maximum atomic E-state index is 4.31. The SMILES string of the molecule is Brc1cnc(Cc2cccc(-c3ncc(Br)cn3)c2)nc1. The van der Waals surface area contributed by atoms with Gasteiger partial charge in [0.15, 0.2) is 5.82 Å². The first-order valence-electron chi connectivity index (χ1n) is 6.24. The normalized spacial score (nSPS) is 10.6. The third kappa shape index (κ3) is 3.71. The fourth-order valence-electron chi connectivity index (χ4n) is 1.89. The van der Waals surface area contributed by atoms with Crippen molar-refractivity contribution >= 4 is 31.9 Å². The van der Waals surface area contributed by atoms with E-state index in [2.05, 4.69) is 57.9 Å². The first-order chi connectivity index (χ1) is 10.2. The van der Waals surface area contributed by atoms with Gasteiger partial charge in [-0.05, 0) is 43.5 Å². The van der Waals surface area contributed by atoms with Crippen molar-refractivity contribution in [2.75, 3.05) is 0 Å². The van der Waals surface area contributed by atoms with Gasteiger partial charge in [-0.15, -0.1) is 0 Å². The Morgan fingerprint density at radius 1 is 0.810 bits per heavy atom. The molecule has 0 radical (unpaired) electrons. The van der Waals surface area contributed by atoms with Crippen molar-refractivity contribution in [1.82, 2.24) is 19.9 Å². The zero-order valence-corrected chi connectivity index (χ0v) is 14.0. The molecule has 0 saturated carbocycles. The highest BCUT2D eigenvalue weighted by atomic mass is 79.9. The van der Waals surface area contributed by atoms with E-state index in [0.29, 0.717) is 12.2 Å². The molecule has 0 bridgehead atoms. The summed E-state index contributed by atoms with van der Waals surface area (Å²) in [5.41, 5.74) is 2.11. The van der Waals surface area contributed by atoms with Crippen LogP contribution in [-0.4, -0.2) is 19.9 Å². The van der Waals surface area contributed by atoms with Gasteiger partial charge < -0.3 is 0 Å². The van der Waals surface area contributed by atoms with Crippen LogP contribution < -0.4 is 0 Å². The van der Waals surface area contributed by atoms with E-state index in [-0.39, 0.29) is 0 Å². The van der Waals surface area contributed by atoms with Crippen LogP contribution in [-0.2, 0) is 6.42 Å². The van der Waals surface area contributed by atoms with Crippen LogP contribution in [0.2, 0.25) is 0 Å². The number of rotatable bonds is 3. The van der Waals surface area contributed by atoms with Gasteiger partial charge in [0.05, 0.1) is 8.95 Å². The number of hydrogen-bond acceptors (Lipinski definition) is 4. The summed E-state index contributed by atoms with van der Waals surface area (Å²) < 4.78 is 1.74. The highest BCUT2D eigenvalue weighted by molar-refractivity contribution is 9.10. The number of halogens is 2. The monoisotopic (exact) mass is 404 g/mol. The average Bonchev–Trinajstić information content (AvgIpc) is 2.51. The van der Waals surface area contributed by atoms with Gasteiger partial charge in [-0.2, -0.15) is 0 Å². The topological polar surface area (TPSA) is 51.6 Å². The van der Waals surface area contributed by atoms with Crippen LogP contribution in [0.25, 0.3) is 11.4 Å². The minimum absolute atomic E-state index is 0.678. The van der Waals surface area contributed by atoms with Gasteiger partial charge >= 0.3 is 0 Å². The van der Waals surface area contributed by atoms with Gasteiger partial charge in [0.25, 0.3) is 0 Å². The van der Waals surface area contributed by atoms with Crippen LogP contribution in [0.4, 0.5) is 0 Å². The van der Waals surface area contributed by atoms with E-state index in [1.54, 1.807) is 24.8 Å². The first-order valence-corrected chi connectivity index (χ1v) is 7.82. The molecule has 0 aliphatic heterocycles. The molecular formula is C15H10Br2N4. The van der Waals surface area contributed by atoms with Gasteiger partial charge in [-0.3, -0.25) is 0 Å². The van der Waals surface area contributed by atoms with E-state index >= 15 is 0 Å². The highest BCUT2D eigenvalue weighted by Crippen LogP contribution is 2.18. The standard InChI is InChI=1S/C15H10Br2N4/c16-12-6-18-14(19-7-12)5-10-2-1-3-11(4-10)15-20-8-13(17)9-21-15/h1-4,6-9H,5H2. The number of nitrogens with zero attached hydrogens (tertiary/aromatic N) is 4. The molecule has 0 aliphatic carbocycles. The molecule has 2 aromatic heterocycles. The fraction of sp³-hybridized carbons (Fsp3) is 0.0667. The number of aromatic nitrogens is 4. The highest BCUT2D eigenvalue weighted by Gasteiger charge is 2.04. The molecule has 0 atom stereocenters. The Balaban J connectivity index is 1.86. The van der Waals surface area contributed by atoms with Gasteiger partial charge in [0, 0.05) is 36.8 Å². The van der Waals surface area contributed by atoms with Crippen LogP contribution >= 0.6 is 31.9 Å². The summed E-state index contributed by atoms with van der Waals surface area (Å²) in [7, 11) is 0. The molecule has 3 rings (SSSR count). The van der Waals surface area contributed by atoms with Crippen LogP contribution in [0.5, 0.6) is 0 Å². The number of hydrogen-bond donors (Lipinski definition) is 0. The summed E-state index contributed by atoms with van der Waals surface area (Å²) in [5, 5.41) is 0. The Bertz CT molecular complexity index is 742. The molecule has 0 saturated heterocycles. The lowest BCUT2D eigenvalue weighted by Crippen LogP contribution is -1.96. The van der Waals surface area contributed by atoms with Crippen molar-refractivity contribution in [3.8, 4) is 11.4 Å². The second-order valence-corrected chi connectivity index (χ2v) is 6.25. The largest absolute Gasteiger partial charge is 0.240 e. The second-order valence-electron chi connectivity index (χ2n) is 4.42. The molecule has 0 spiro atoms. The third-order valence-electron chi connectivity index (χ3n) is 2.84. The molecule has 2 heterocycles. The van der Waals surface area contributed by atoms with Crippen molar-refractivity contribution in [3.63, 3.8) is 0 Å². The molecule has 3 aromatic rings. The molecule has 0 aliphatic rings. The van der Waals surface area contributed by atoms with Crippen LogP contribution in [0, 0.1) is 0 Å². The average molecular weight is 406 g/mol. The smallest absolute Gasteiger partial charge is 0.159 e. The Hall–Kier alpha value is -1.66. The molecule has 6 heteroatoms. The van der Waals surface area contributed by atoms with Gasteiger partial charge in [-0.25, -0.2) is 19.9 Å². The van der Waals surface area contributed by atoms with Gasteiger partial charge in [0.2, 0.25) is 0 Å². The zero-order valence-electron chi connectivity index (χ0n) is 10.9. The van der Waals surface area contributed by atoms with Gasteiger partial charge in [0.1, 0.15) is 5.82 Å². The maximum absolute atomic E-state index is 4.31. The summed E-state index contributed by atoms with van der Waals surface area (Å²) >= 11 is 6.67. The lowest BCUT2D eigenvalue weighted by molar-refractivity contribution is 0.961. The molecule has 0 N–H and O–H groups in total. The first kappa shape index (κ1) is 14.3. The summed E-state index contributed by atoms with van der Waals surface area (Å²) in [5.74, 6) is 1.49. The predicted molar refractivity (Wildman–Crippen MR) is 87.7 cm³/mol. The van der Waals surface area contributed by atoms with E-state index in [1.807, 2.05) is 18.2 Å². The van der Waals surface area contributed by atoms with Gasteiger partial charge in [-0.1, -0.05) is 18.2 Å². The summed E-state index contributed by atoms with van der Waals surface area (Å²) in [4.78, 5) is 17.2. The van der Waals surface area contributed by atoms with Crippen molar-refractivity contribution in [2.45, 2.75) is 6.42 Å². The summed E-state index contributed by atoms with van der Waals surface area (Å²) in [6, 6.07) is 8.10. The van der Waals surface area contributed by atoms with Crippen molar-refractivity contribution in [3.05, 3.63) is 69.4 Å². The molecule has 104 valence electrons. The maximum Gasteiger partial charge on any atom is 0.159 e. The Kier molecular flexibility index (Phi) is 4.36. The van der Waals surface area contributed by atoms with E-state index in [1.165, 1.54) is 0 Å². The summed E-state index contributed by atoms with van der Waals surface area (Å²) in [6.07, 6.45) is 7.67. The third-order valence-corrected chi connectivity index (χ3v) is 3.66. The predicted octanol–water partition coefficient (Wildman–Crippen LogP) is 4.05. The molecule has 1 aromatic carbocycles. The lowest BCUT2D eigenvalue weighted by Gasteiger charge is -2.04. The minimum atomic E-state index is 0.678. The van der Waals surface area contributed by atoms with E-state index in [0.717, 1.165) is 25.9 Å². The molecule has 21 heavy (non-hydrogen) atoms. The Labute approximate surface area is 139 Å². The molecule has 4 nitrogen and oxygen atoms in total. The van der Waals surface area contributed by atoms with Crippen molar-refractivity contribution < 1.29 is 0 Å². The van der Waals surface area contributed by atoms with E-state index < -0.39 is 0 Å². The summed E-state index contributed by atoms with van der Waals surface area (Å²) in [6.45, 7) is 0. The lowest BCUT2D eigenvalue weighted by atomic mass is 10.1. The van der Waals surface area contributed by atoms with Crippen LogP contribution in [0.3, 0.4) is 0 Å². The van der Waals surface area contributed by atoms with E-state index in [4.69, 9.17) is 0 Å². The fourth-order valence-corrected chi connectivity index (χ4v) is 2.30. The molecule has 0 fully saturated rings. The van der Waals surface area contributed by atoms with Crippen molar-refractivity contribution in [1.29, 1.82) is 0 Å². The molecule has 0 amide bonds. The minimum Gasteiger partial charge on any atom is -0.240 e. The molecular weight excluding hydrogens is 396 g/mol. The zero-order chi connectivity index (χ0) is 14.7. The van der Waals surface area contributed by atoms with Crippen LogP contribution in [0.15, 0.2) is 58.0 Å².